The van der Waals surface area contributed by atoms with Gasteiger partial charge in [0.1, 0.15) is 18.5 Å². The Bertz CT molecular complexity index is 1350. The van der Waals surface area contributed by atoms with Crippen molar-refractivity contribution in [2.24, 2.45) is 0 Å². The first-order chi connectivity index (χ1) is 13.3. The SMILES string of the molecule is O=c1cc(COc2ncnc3ccccc23)c2c(ccc3ccccc32)o1. The quantitative estimate of drug-likeness (QED) is 0.353. The summed E-state index contributed by atoms with van der Waals surface area (Å²) < 4.78 is 11.4. The number of ether oxygens (including phenoxy) is 1. The van der Waals surface area contributed by atoms with Crippen LogP contribution in [0, 0.1) is 0 Å². The third-order valence-corrected chi connectivity index (χ3v) is 4.59. The lowest BCUT2D eigenvalue weighted by Gasteiger charge is -2.11. The van der Waals surface area contributed by atoms with E-state index in [1.807, 2.05) is 60.7 Å². The van der Waals surface area contributed by atoms with E-state index in [1.54, 1.807) is 0 Å². The van der Waals surface area contributed by atoms with Crippen LogP contribution in [0.3, 0.4) is 0 Å². The summed E-state index contributed by atoms with van der Waals surface area (Å²) >= 11 is 0. The molecule has 0 saturated heterocycles. The van der Waals surface area contributed by atoms with Gasteiger partial charge in [-0.1, -0.05) is 42.5 Å². The number of aromatic nitrogens is 2. The summed E-state index contributed by atoms with van der Waals surface area (Å²) in [6.07, 6.45) is 1.48. The topological polar surface area (TPSA) is 65.2 Å². The summed E-state index contributed by atoms with van der Waals surface area (Å²) in [6.45, 7) is 0.205. The van der Waals surface area contributed by atoms with Crippen LogP contribution >= 0.6 is 0 Å². The number of rotatable bonds is 3. The summed E-state index contributed by atoms with van der Waals surface area (Å²) in [5.41, 5.74) is 1.72. The van der Waals surface area contributed by atoms with Crippen LogP contribution in [0.4, 0.5) is 0 Å². The van der Waals surface area contributed by atoms with Gasteiger partial charge in [0.05, 0.1) is 10.9 Å². The lowest BCUT2D eigenvalue weighted by molar-refractivity contribution is 0.298. The fourth-order valence-corrected chi connectivity index (χ4v) is 3.38. The Morgan fingerprint density at radius 2 is 1.70 bits per heavy atom. The minimum atomic E-state index is -0.399. The van der Waals surface area contributed by atoms with Crippen LogP contribution in [0.1, 0.15) is 5.56 Å². The van der Waals surface area contributed by atoms with Gasteiger partial charge in [-0.05, 0) is 29.0 Å². The smallest absolute Gasteiger partial charge is 0.336 e. The Labute approximate surface area is 153 Å². The molecule has 0 unspecified atom stereocenters. The molecule has 0 aliphatic carbocycles. The molecule has 27 heavy (non-hydrogen) atoms. The Hall–Kier alpha value is -3.73. The maximum absolute atomic E-state index is 12.0. The van der Waals surface area contributed by atoms with Gasteiger partial charge < -0.3 is 9.15 Å². The number of para-hydroxylation sites is 1. The molecule has 2 heterocycles. The van der Waals surface area contributed by atoms with E-state index < -0.39 is 5.63 Å². The second-order valence-corrected chi connectivity index (χ2v) is 6.24. The molecule has 0 bridgehead atoms. The van der Waals surface area contributed by atoms with E-state index in [1.165, 1.54) is 12.4 Å². The second-order valence-electron chi connectivity index (χ2n) is 6.24. The number of nitrogens with zero attached hydrogens (tertiary/aromatic N) is 2. The maximum Gasteiger partial charge on any atom is 0.336 e. The van der Waals surface area contributed by atoms with Crippen LogP contribution in [0.2, 0.25) is 0 Å². The monoisotopic (exact) mass is 354 g/mol. The zero-order valence-electron chi connectivity index (χ0n) is 14.3. The summed E-state index contributed by atoms with van der Waals surface area (Å²) in [7, 11) is 0. The van der Waals surface area contributed by atoms with Crippen LogP contribution in [0.5, 0.6) is 5.88 Å². The van der Waals surface area contributed by atoms with Crippen molar-refractivity contribution in [2.45, 2.75) is 6.61 Å². The van der Waals surface area contributed by atoms with Crippen molar-refractivity contribution in [1.29, 1.82) is 0 Å². The van der Waals surface area contributed by atoms with Crippen LogP contribution in [-0.4, -0.2) is 9.97 Å². The van der Waals surface area contributed by atoms with Gasteiger partial charge in [0, 0.05) is 17.0 Å². The average Bonchev–Trinajstić information content (AvgIpc) is 2.71. The van der Waals surface area contributed by atoms with E-state index in [9.17, 15) is 4.79 Å². The third kappa shape index (κ3) is 2.69. The lowest BCUT2D eigenvalue weighted by Crippen LogP contribution is -2.05. The summed E-state index contributed by atoms with van der Waals surface area (Å²) in [4.78, 5) is 20.5. The normalized spacial score (nSPS) is 11.3. The molecule has 0 saturated carbocycles. The maximum atomic E-state index is 12.0. The predicted molar refractivity (Wildman–Crippen MR) is 104 cm³/mol. The zero-order chi connectivity index (χ0) is 18.2. The molecule has 0 aliphatic heterocycles. The van der Waals surface area contributed by atoms with Gasteiger partial charge >= 0.3 is 5.63 Å². The molecule has 0 amide bonds. The number of hydrogen-bond acceptors (Lipinski definition) is 5. The molecule has 0 atom stereocenters. The minimum Gasteiger partial charge on any atom is -0.472 e. The molecular weight excluding hydrogens is 340 g/mol. The second kappa shape index (κ2) is 6.21. The van der Waals surface area contributed by atoms with E-state index in [0.717, 1.165) is 32.6 Å². The van der Waals surface area contributed by atoms with Crippen LogP contribution in [0.15, 0.2) is 82.3 Å². The van der Waals surface area contributed by atoms with Crippen molar-refractivity contribution < 1.29 is 9.15 Å². The fourth-order valence-electron chi connectivity index (χ4n) is 3.38. The van der Waals surface area contributed by atoms with Crippen LogP contribution < -0.4 is 10.4 Å². The van der Waals surface area contributed by atoms with E-state index in [-0.39, 0.29) is 6.61 Å². The first-order valence-corrected chi connectivity index (χ1v) is 8.57. The molecule has 3 aromatic carbocycles. The van der Waals surface area contributed by atoms with Gasteiger partial charge in [-0.3, -0.25) is 0 Å². The van der Waals surface area contributed by atoms with Gasteiger partial charge in [0.15, 0.2) is 0 Å². The van der Waals surface area contributed by atoms with E-state index in [0.29, 0.717) is 11.5 Å². The van der Waals surface area contributed by atoms with Gasteiger partial charge in [-0.25, -0.2) is 14.8 Å². The van der Waals surface area contributed by atoms with E-state index >= 15 is 0 Å². The van der Waals surface area contributed by atoms with Crippen molar-refractivity contribution in [3.63, 3.8) is 0 Å². The van der Waals surface area contributed by atoms with Gasteiger partial charge in [-0.15, -0.1) is 0 Å². The summed E-state index contributed by atoms with van der Waals surface area (Å²) in [6, 6.07) is 20.9. The number of fused-ring (bicyclic) bond motifs is 4. The van der Waals surface area contributed by atoms with Gasteiger partial charge in [0.25, 0.3) is 0 Å². The van der Waals surface area contributed by atoms with Gasteiger partial charge in [0.2, 0.25) is 5.88 Å². The van der Waals surface area contributed by atoms with Crippen molar-refractivity contribution in [2.75, 3.05) is 0 Å². The Balaban J connectivity index is 1.64. The number of hydrogen-bond donors (Lipinski definition) is 0. The van der Waals surface area contributed by atoms with Crippen molar-refractivity contribution in [1.82, 2.24) is 9.97 Å². The fraction of sp³-hybridized carbons (Fsp3) is 0.0455. The molecule has 2 aromatic heterocycles. The summed E-state index contributed by atoms with van der Waals surface area (Å²) in [5, 5.41) is 3.81. The highest BCUT2D eigenvalue weighted by Gasteiger charge is 2.11. The largest absolute Gasteiger partial charge is 0.472 e. The van der Waals surface area contributed by atoms with Crippen molar-refractivity contribution in [3.8, 4) is 5.88 Å². The van der Waals surface area contributed by atoms with Crippen molar-refractivity contribution >= 4 is 32.6 Å². The van der Waals surface area contributed by atoms with E-state index in [4.69, 9.17) is 9.15 Å². The molecular formula is C22H14N2O3. The molecule has 0 fully saturated rings. The highest BCUT2D eigenvalue weighted by molar-refractivity contribution is 6.07. The zero-order valence-corrected chi connectivity index (χ0v) is 14.3. The molecule has 130 valence electrons. The van der Waals surface area contributed by atoms with Crippen LogP contribution in [0.25, 0.3) is 32.6 Å². The third-order valence-electron chi connectivity index (χ3n) is 4.59. The lowest BCUT2D eigenvalue weighted by atomic mass is 10.0. The minimum absolute atomic E-state index is 0.205. The Morgan fingerprint density at radius 3 is 2.63 bits per heavy atom. The molecule has 5 rings (SSSR count). The van der Waals surface area contributed by atoms with Gasteiger partial charge in [-0.2, -0.15) is 0 Å². The molecule has 0 aliphatic rings. The molecule has 0 N–H and O–H groups in total. The van der Waals surface area contributed by atoms with E-state index in [2.05, 4.69) is 9.97 Å². The number of benzene rings is 3. The Morgan fingerprint density at radius 1 is 0.889 bits per heavy atom. The standard InChI is InChI=1S/C22H14N2O3/c25-20-11-15(12-26-22-17-7-3-4-8-18(17)23-13-24-22)21-16-6-2-1-5-14(16)9-10-19(21)27-20/h1-11,13H,12H2. The first-order valence-electron chi connectivity index (χ1n) is 8.57. The molecule has 5 aromatic rings. The predicted octanol–water partition coefficient (Wildman–Crippen LogP) is 4.47. The highest BCUT2D eigenvalue weighted by Crippen LogP contribution is 2.29. The Kier molecular flexibility index (Phi) is 3.57. The van der Waals surface area contributed by atoms with Crippen molar-refractivity contribution in [3.05, 3.63) is 89.0 Å². The molecule has 0 radical (unpaired) electrons. The first kappa shape index (κ1) is 15.5. The highest BCUT2D eigenvalue weighted by atomic mass is 16.5. The summed E-state index contributed by atoms with van der Waals surface area (Å²) in [5.74, 6) is 0.488. The molecule has 5 nitrogen and oxygen atoms in total. The average molecular weight is 354 g/mol. The molecule has 5 heteroatoms. The molecule has 0 spiro atoms. The van der Waals surface area contributed by atoms with Crippen LogP contribution in [-0.2, 0) is 6.61 Å².